The third-order valence-corrected chi connectivity index (χ3v) is 3.62. The number of rotatable bonds is 6. The molecule has 0 aliphatic rings. The fourth-order valence-corrected chi connectivity index (χ4v) is 2.50. The minimum Gasteiger partial charge on any atom is -0.404 e. The SMILES string of the molecule is CCOP(=O)(OCC)Oc1ccc(F)c(C(F)(F)F)c1. The van der Waals surface area contributed by atoms with Gasteiger partial charge in [-0.05, 0) is 32.0 Å². The number of phosphoric acid groups is 1. The Morgan fingerprint density at radius 1 is 1.15 bits per heavy atom. The lowest BCUT2D eigenvalue weighted by atomic mass is 10.2. The van der Waals surface area contributed by atoms with Crippen molar-refractivity contribution in [1.29, 1.82) is 0 Å². The van der Waals surface area contributed by atoms with Crippen LogP contribution >= 0.6 is 7.82 Å². The van der Waals surface area contributed by atoms with Crippen LogP contribution in [-0.4, -0.2) is 13.2 Å². The van der Waals surface area contributed by atoms with Gasteiger partial charge < -0.3 is 4.52 Å². The van der Waals surface area contributed by atoms with Crippen molar-refractivity contribution in [2.45, 2.75) is 20.0 Å². The summed E-state index contributed by atoms with van der Waals surface area (Å²) in [6, 6.07) is 1.88. The first-order valence-electron chi connectivity index (χ1n) is 5.67. The Balaban J connectivity index is 3.06. The van der Waals surface area contributed by atoms with Gasteiger partial charge in [-0.1, -0.05) is 0 Å². The predicted molar refractivity (Wildman–Crippen MR) is 62.9 cm³/mol. The molecule has 1 rings (SSSR count). The molecule has 0 saturated heterocycles. The summed E-state index contributed by atoms with van der Waals surface area (Å²) in [7, 11) is -4.02. The third-order valence-electron chi connectivity index (χ3n) is 2.03. The molecule has 1 aromatic carbocycles. The lowest BCUT2D eigenvalue weighted by Crippen LogP contribution is -2.09. The summed E-state index contributed by atoms with van der Waals surface area (Å²) < 4.78 is 77.0. The molecular weight excluding hydrogens is 303 g/mol. The molecule has 0 amide bonds. The van der Waals surface area contributed by atoms with Gasteiger partial charge in [-0.3, -0.25) is 9.05 Å². The lowest BCUT2D eigenvalue weighted by molar-refractivity contribution is -0.140. The number of hydrogen-bond acceptors (Lipinski definition) is 4. The highest BCUT2D eigenvalue weighted by Crippen LogP contribution is 2.49. The molecule has 0 aliphatic carbocycles. The van der Waals surface area contributed by atoms with E-state index in [0.29, 0.717) is 12.1 Å². The Kier molecular flexibility index (Phi) is 5.56. The molecule has 0 unspecified atom stereocenters. The smallest absolute Gasteiger partial charge is 0.404 e. The van der Waals surface area contributed by atoms with Gasteiger partial charge in [0.15, 0.2) is 0 Å². The van der Waals surface area contributed by atoms with Crippen molar-refractivity contribution < 1.29 is 35.7 Å². The second kappa shape index (κ2) is 6.56. The van der Waals surface area contributed by atoms with E-state index >= 15 is 0 Å². The van der Waals surface area contributed by atoms with Crippen molar-refractivity contribution in [3.8, 4) is 5.75 Å². The second-order valence-corrected chi connectivity index (χ2v) is 5.11. The van der Waals surface area contributed by atoms with E-state index in [2.05, 4.69) is 0 Å². The van der Waals surface area contributed by atoms with Gasteiger partial charge in [0.1, 0.15) is 11.6 Å². The molecule has 0 atom stereocenters. The van der Waals surface area contributed by atoms with Gasteiger partial charge in [0.25, 0.3) is 0 Å². The van der Waals surface area contributed by atoms with Crippen molar-refractivity contribution in [3.63, 3.8) is 0 Å². The summed E-state index contributed by atoms with van der Waals surface area (Å²) in [6.07, 6.45) is -4.88. The average molecular weight is 316 g/mol. The van der Waals surface area contributed by atoms with Crippen molar-refractivity contribution in [2.75, 3.05) is 13.2 Å². The van der Waals surface area contributed by atoms with Crippen LogP contribution in [0.4, 0.5) is 17.6 Å². The second-order valence-electron chi connectivity index (χ2n) is 3.51. The largest absolute Gasteiger partial charge is 0.530 e. The lowest BCUT2D eigenvalue weighted by Gasteiger charge is -2.18. The molecule has 0 spiro atoms. The molecule has 0 aromatic heterocycles. The van der Waals surface area contributed by atoms with Gasteiger partial charge >= 0.3 is 14.0 Å². The summed E-state index contributed by atoms with van der Waals surface area (Å²) in [4.78, 5) is 0. The summed E-state index contributed by atoms with van der Waals surface area (Å²) in [5.41, 5.74) is -1.52. The van der Waals surface area contributed by atoms with E-state index in [9.17, 15) is 22.1 Å². The zero-order valence-corrected chi connectivity index (χ0v) is 11.6. The molecule has 9 heteroatoms. The summed E-state index contributed by atoms with van der Waals surface area (Å²) in [5.74, 6) is -1.91. The Hall–Kier alpha value is -1.11. The van der Waals surface area contributed by atoms with E-state index in [1.165, 1.54) is 13.8 Å². The fraction of sp³-hybridized carbons (Fsp3) is 0.455. The van der Waals surface area contributed by atoms with Gasteiger partial charge in [0.2, 0.25) is 0 Å². The third kappa shape index (κ3) is 4.47. The standard InChI is InChI=1S/C11H13F4O4P/c1-3-17-20(16,18-4-2)19-8-5-6-10(12)9(7-8)11(13,14)15/h5-7H,3-4H2,1-2H3. The van der Waals surface area contributed by atoms with E-state index in [4.69, 9.17) is 13.6 Å². The van der Waals surface area contributed by atoms with Crippen LogP contribution in [0.15, 0.2) is 18.2 Å². The van der Waals surface area contributed by atoms with E-state index < -0.39 is 31.1 Å². The molecule has 0 radical (unpaired) electrons. The van der Waals surface area contributed by atoms with E-state index in [1.807, 2.05) is 0 Å². The van der Waals surface area contributed by atoms with Crippen LogP contribution in [0.3, 0.4) is 0 Å². The maximum absolute atomic E-state index is 13.1. The van der Waals surface area contributed by atoms with Crippen molar-refractivity contribution in [2.24, 2.45) is 0 Å². The van der Waals surface area contributed by atoms with Gasteiger partial charge in [-0.15, -0.1) is 0 Å². The monoisotopic (exact) mass is 316 g/mol. The number of alkyl halides is 3. The molecule has 1 aromatic rings. The van der Waals surface area contributed by atoms with Crippen LogP contribution < -0.4 is 4.52 Å². The predicted octanol–water partition coefficient (Wildman–Crippen LogP) is 4.40. The van der Waals surface area contributed by atoms with Crippen molar-refractivity contribution in [1.82, 2.24) is 0 Å². The summed E-state index contributed by atoms with van der Waals surface area (Å²) in [6.45, 7) is 2.98. The molecule has 20 heavy (non-hydrogen) atoms. The Labute approximate surface area is 113 Å². The first-order chi connectivity index (χ1) is 9.22. The Morgan fingerprint density at radius 2 is 1.70 bits per heavy atom. The highest BCUT2D eigenvalue weighted by atomic mass is 31.2. The first kappa shape index (κ1) is 16.9. The van der Waals surface area contributed by atoms with Gasteiger partial charge in [-0.2, -0.15) is 13.2 Å². The van der Waals surface area contributed by atoms with Gasteiger partial charge in [0.05, 0.1) is 18.8 Å². The topological polar surface area (TPSA) is 44.8 Å². The maximum Gasteiger partial charge on any atom is 0.530 e. The van der Waals surface area contributed by atoms with Crippen LogP contribution in [0.2, 0.25) is 0 Å². The van der Waals surface area contributed by atoms with E-state index in [-0.39, 0.29) is 13.2 Å². The van der Waals surface area contributed by atoms with Crippen LogP contribution in [-0.2, 0) is 19.8 Å². The highest BCUT2D eigenvalue weighted by molar-refractivity contribution is 7.48. The van der Waals surface area contributed by atoms with E-state index in [1.54, 1.807) is 0 Å². The molecule has 114 valence electrons. The zero-order chi connectivity index (χ0) is 15.4. The maximum atomic E-state index is 13.1. The van der Waals surface area contributed by atoms with Crippen LogP contribution in [0, 0.1) is 5.82 Å². The first-order valence-corrected chi connectivity index (χ1v) is 7.13. The Morgan fingerprint density at radius 3 is 2.15 bits per heavy atom. The average Bonchev–Trinajstić information content (AvgIpc) is 2.30. The van der Waals surface area contributed by atoms with Crippen molar-refractivity contribution in [3.05, 3.63) is 29.6 Å². The minimum atomic E-state index is -4.88. The van der Waals surface area contributed by atoms with Crippen LogP contribution in [0.5, 0.6) is 5.75 Å². The highest BCUT2D eigenvalue weighted by Gasteiger charge is 2.35. The molecule has 0 saturated carbocycles. The van der Waals surface area contributed by atoms with Gasteiger partial charge in [-0.25, -0.2) is 8.96 Å². The molecule has 0 fully saturated rings. The minimum absolute atomic E-state index is 0.0232. The zero-order valence-electron chi connectivity index (χ0n) is 10.7. The number of benzene rings is 1. The molecule has 4 nitrogen and oxygen atoms in total. The molecule has 0 aliphatic heterocycles. The molecular formula is C11H13F4O4P. The van der Waals surface area contributed by atoms with Crippen LogP contribution in [0.1, 0.15) is 19.4 Å². The number of halogens is 4. The van der Waals surface area contributed by atoms with Gasteiger partial charge in [0, 0.05) is 0 Å². The summed E-state index contributed by atoms with van der Waals surface area (Å²) >= 11 is 0. The molecule has 0 heterocycles. The molecule has 0 bridgehead atoms. The molecule has 0 N–H and O–H groups in total. The quantitative estimate of drug-likeness (QED) is 0.576. The summed E-state index contributed by atoms with van der Waals surface area (Å²) in [5, 5.41) is 0. The fourth-order valence-electron chi connectivity index (χ4n) is 1.31. The number of phosphoric ester groups is 1. The van der Waals surface area contributed by atoms with Crippen molar-refractivity contribution >= 4 is 7.82 Å². The number of hydrogen-bond donors (Lipinski definition) is 0. The normalized spacial score (nSPS) is 12.5. The van der Waals surface area contributed by atoms with E-state index in [0.717, 1.165) is 6.07 Å². The van der Waals surface area contributed by atoms with Crippen LogP contribution in [0.25, 0.3) is 0 Å². The Bertz CT molecular complexity index is 494.